The van der Waals surface area contributed by atoms with Crippen LogP contribution in [-0.4, -0.2) is 41.1 Å². The zero-order valence-corrected chi connectivity index (χ0v) is 14.7. The molecule has 0 aliphatic heterocycles. The monoisotopic (exact) mass is 326 g/mol. The van der Waals surface area contributed by atoms with Gasteiger partial charge in [-0.15, -0.1) is 0 Å². The van der Waals surface area contributed by atoms with Gasteiger partial charge in [-0.05, 0) is 37.1 Å². The first-order valence-electron chi connectivity index (χ1n) is 7.70. The van der Waals surface area contributed by atoms with Crippen molar-refractivity contribution in [2.24, 2.45) is 5.92 Å². The minimum Gasteiger partial charge on any atom is -0.388 e. The average molecular weight is 327 g/mol. The van der Waals surface area contributed by atoms with Gasteiger partial charge in [0, 0.05) is 18.1 Å². The summed E-state index contributed by atoms with van der Waals surface area (Å²) in [5.41, 5.74) is 0.233. The Balaban J connectivity index is 2.48. The molecular weight excluding hydrogens is 300 g/mol. The van der Waals surface area contributed by atoms with Gasteiger partial charge in [0.05, 0.1) is 12.1 Å². The number of amides is 1. The molecule has 0 bridgehead atoms. The largest absolute Gasteiger partial charge is 0.388 e. The first-order chi connectivity index (χ1) is 10.2. The first kappa shape index (κ1) is 18.9. The second kappa shape index (κ2) is 8.51. The third-order valence-corrected chi connectivity index (χ3v) is 4.27. The molecule has 1 atom stereocenters. The average Bonchev–Trinajstić information content (AvgIpc) is 2.46. The Morgan fingerprint density at radius 3 is 2.45 bits per heavy atom. The van der Waals surface area contributed by atoms with Crippen molar-refractivity contribution in [3.63, 3.8) is 0 Å². The second-order valence-corrected chi connectivity index (χ2v) is 6.65. The van der Waals surface area contributed by atoms with Gasteiger partial charge in [0.2, 0.25) is 5.91 Å². The lowest BCUT2D eigenvalue weighted by molar-refractivity contribution is -0.123. The van der Waals surface area contributed by atoms with E-state index >= 15 is 0 Å². The first-order valence-corrected chi connectivity index (χ1v) is 8.08. The number of nitrogens with zero attached hydrogens (tertiary/aromatic N) is 1. The molecule has 0 spiro atoms. The van der Waals surface area contributed by atoms with Crippen LogP contribution in [0.2, 0.25) is 5.02 Å². The van der Waals surface area contributed by atoms with Crippen molar-refractivity contribution >= 4 is 17.5 Å². The lowest BCUT2D eigenvalue weighted by Gasteiger charge is -2.28. The number of halogens is 1. The second-order valence-electron chi connectivity index (χ2n) is 6.22. The molecular formula is C17H27ClN2O2. The van der Waals surface area contributed by atoms with Gasteiger partial charge in [0.15, 0.2) is 0 Å². The molecule has 0 aliphatic carbocycles. The maximum absolute atomic E-state index is 12.0. The van der Waals surface area contributed by atoms with Crippen molar-refractivity contribution in [3.8, 4) is 0 Å². The van der Waals surface area contributed by atoms with Crippen molar-refractivity contribution < 1.29 is 9.90 Å². The van der Waals surface area contributed by atoms with E-state index < -0.39 is 5.60 Å². The van der Waals surface area contributed by atoms with Crippen molar-refractivity contribution in [2.45, 2.75) is 39.8 Å². The van der Waals surface area contributed by atoms with E-state index in [1.165, 1.54) is 0 Å². The molecule has 1 unspecified atom stereocenters. The van der Waals surface area contributed by atoms with E-state index in [4.69, 9.17) is 11.6 Å². The van der Waals surface area contributed by atoms with Crippen LogP contribution in [0, 0.1) is 5.92 Å². The molecule has 22 heavy (non-hydrogen) atoms. The predicted molar refractivity (Wildman–Crippen MR) is 90.9 cm³/mol. The minimum absolute atomic E-state index is 0.0725. The summed E-state index contributed by atoms with van der Waals surface area (Å²) in [5.74, 6) is 0.0147. The van der Waals surface area contributed by atoms with Crippen LogP contribution in [0.25, 0.3) is 0 Å². The standard InChI is InChI=1S/C17H27ClN2O2/c1-5-20(10-14-6-8-15(18)9-7-14)11-16(21)19-12-17(4,22)13(2)3/h6-9,13,22H,5,10-12H2,1-4H3,(H,19,21). The van der Waals surface area contributed by atoms with E-state index in [2.05, 4.69) is 5.32 Å². The van der Waals surface area contributed by atoms with Gasteiger partial charge in [-0.3, -0.25) is 9.69 Å². The van der Waals surface area contributed by atoms with Gasteiger partial charge in [-0.2, -0.15) is 0 Å². The minimum atomic E-state index is -0.886. The van der Waals surface area contributed by atoms with Crippen molar-refractivity contribution in [1.29, 1.82) is 0 Å². The molecule has 5 heteroatoms. The van der Waals surface area contributed by atoms with E-state index in [1.54, 1.807) is 6.92 Å². The summed E-state index contributed by atoms with van der Waals surface area (Å²) in [4.78, 5) is 14.1. The Labute approximate surface area is 138 Å². The van der Waals surface area contributed by atoms with Gasteiger partial charge in [0.1, 0.15) is 0 Å². The van der Waals surface area contributed by atoms with Crippen LogP contribution in [0.3, 0.4) is 0 Å². The normalized spacial score (nSPS) is 14.2. The van der Waals surface area contributed by atoms with E-state index in [-0.39, 0.29) is 18.4 Å². The summed E-state index contributed by atoms with van der Waals surface area (Å²) >= 11 is 5.87. The molecule has 2 N–H and O–H groups in total. The Kier molecular flexibility index (Phi) is 7.33. The summed E-state index contributed by atoms with van der Waals surface area (Å²) < 4.78 is 0. The molecule has 0 saturated heterocycles. The molecule has 1 rings (SSSR count). The number of carbonyl (C=O) groups excluding carboxylic acids is 1. The predicted octanol–water partition coefficient (Wildman–Crippen LogP) is 2.69. The molecule has 0 aliphatic rings. The number of aliphatic hydroxyl groups is 1. The van der Waals surface area contributed by atoms with Gasteiger partial charge >= 0.3 is 0 Å². The third kappa shape index (κ3) is 6.34. The summed E-state index contributed by atoms with van der Waals surface area (Å²) in [7, 11) is 0. The van der Waals surface area contributed by atoms with E-state index in [1.807, 2.05) is 49.9 Å². The highest BCUT2D eigenvalue weighted by Crippen LogP contribution is 2.14. The number of likely N-dealkylation sites (N-methyl/N-ethyl adjacent to an activating group) is 1. The molecule has 0 heterocycles. The summed E-state index contributed by atoms with van der Waals surface area (Å²) in [6.07, 6.45) is 0. The molecule has 0 saturated carbocycles. The Morgan fingerprint density at radius 1 is 1.36 bits per heavy atom. The molecule has 4 nitrogen and oxygen atoms in total. The number of carbonyl (C=O) groups is 1. The van der Waals surface area contributed by atoms with Crippen molar-refractivity contribution in [2.75, 3.05) is 19.6 Å². The van der Waals surface area contributed by atoms with Crippen LogP contribution in [0.1, 0.15) is 33.3 Å². The van der Waals surface area contributed by atoms with Gasteiger partial charge < -0.3 is 10.4 Å². The zero-order valence-electron chi connectivity index (χ0n) is 13.9. The highest BCUT2D eigenvalue weighted by Gasteiger charge is 2.25. The fourth-order valence-corrected chi connectivity index (χ4v) is 1.99. The van der Waals surface area contributed by atoms with Crippen LogP contribution in [0.15, 0.2) is 24.3 Å². The van der Waals surface area contributed by atoms with Crippen LogP contribution < -0.4 is 5.32 Å². The maximum atomic E-state index is 12.0. The molecule has 0 fully saturated rings. The highest BCUT2D eigenvalue weighted by molar-refractivity contribution is 6.30. The Bertz CT molecular complexity index is 472. The van der Waals surface area contributed by atoms with E-state index in [0.717, 1.165) is 12.1 Å². The number of hydrogen-bond donors (Lipinski definition) is 2. The number of benzene rings is 1. The van der Waals surface area contributed by atoms with Crippen molar-refractivity contribution in [3.05, 3.63) is 34.9 Å². The fourth-order valence-electron chi connectivity index (χ4n) is 1.87. The highest BCUT2D eigenvalue weighted by atomic mass is 35.5. The molecule has 1 aromatic carbocycles. The smallest absolute Gasteiger partial charge is 0.234 e. The molecule has 1 aromatic rings. The molecule has 124 valence electrons. The van der Waals surface area contributed by atoms with E-state index in [0.29, 0.717) is 18.1 Å². The van der Waals surface area contributed by atoms with Crippen LogP contribution in [0.5, 0.6) is 0 Å². The third-order valence-electron chi connectivity index (χ3n) is 4.02. The lowest BCUT2D eigenvalue weighted by atomic mass is 9.92. The Morgan fingerprint density at radius 2 is 1.95 bits per heavy atom. The number of nitrogens with one attached hydrogen (secondary N) is 1. The molecule has 0 radical (unpaired) electrons. The fraction of sp³-hybridized carbons (Fsp3) is 0.588. The maximum Gasteiger partial charge on any atom is 0.234 e. The topological polar surface area (TPSA) is 52.6 Å². The van der Waals surface area contributed by atoms with Crippen molar-refractivity contribution in [1.82, 2.24) is 10.2 Å². The van der Waals surface area contributed by atoms with Crippen LogP contribution in [0.4, 0.5) is 0 Å². The summed E-state index contributed by atoms with van der Waals surface area (Å²) in [6, 6.07) is 7.63. The number of rotatable bonds is 8. The molecule has 1 amide bonds. The SMILES string of the molecule is CCN(CC(=O)NCC(C)(O)C(C)C)Cc1ccc(Cl)cc1. The van der Waals surface area contributed by atoms with Crippen LogP contribution in [-0.2, 0) is 11.3 Å². The quantitative estimate of drug-likeness (QED) is 0.772. The van der Waals surface area contributed by atoms with Crippen LogP contribution >= 0.6 is 11.6 Å². The lowest BCUT2D eigenvalue weighted by Crippen LogP contribution is -2.47. The van der Waals surface area contributed by atoms with Gasteiger partial charge in [0.25, 0.3) is 0 Å². The van der Waals surface area contributed by atoms with Gasteiger partial charge in [-0.25, -0.2) is 0 Å². The zero-order chi connectivity index (χ0) is 16.8. The summed E-state index contributed by atoms with van der Waals surface area (Å²) in [6.45, 7) is 9.68. The Hall–Kier alpha value is -1.10. The molecule has 0 aromatic heterocycles. The number of hydrogen-bond acceptors (Lipinski definition) is 3. The van der Waals surface area contributed by atoms with E-state index in [9.17, 15) is 9.90 Å². The summed E-state index contributed by atoms with van der Waals surface area (Å²) in [5, 5.41) is 13.7. The van der Waals surface area contributed by atoms with Gasteiger partial charge in [-0.1, -0.05) is 44.5 Å².